The number of ether oxygens (including phenoxy) is 3. The molecule has 15 rings (SSSR count). The van der Waals surface area contributed by atoms with Crippen LogP contribution in [0.5, 0.6) is 35.3 Å². The number of hydrogen-bond acceptors (Lipinski definition) is 21. The van der Waals surface area contributed by atoms with Crippen molar-refractivity contribution in [2.75, 3.05) is 91.1 Å². The highest BCUT2D eigenvalue weighted by molar-refractivity contribution is 5.90. The molecule has 3 aliphatic heterocycles. The lowest BCUT2D eigenvalue weighted by Gasteiger charge is -2.21. The zero-order chi connectivity index (χ0) is 60.6. The van der Waals surface area contributed by atoms with Crippen LogP contribution in [0.3, 0.4) is 0 Å². The van der Waals surface area contributed by atoms with Crippen molar-refractivity contribution < 1.29 is 14.2 Å². The Kier molecular flexibility index (Phi) is 15.8. The summed E-state index contributed by atoms with van der Waals surface area (Å²) in [5.74, 6) is 4.50. The largest absolute Gasteiger partial charge is 0.424 e. The van der Waals surface area contributed by atoms with Crippen LogP contribution in [0.25, 0.3) is 33.4 Å². The Morgan fingerprint density at radius 3 is 1.31 bits per heavy atom. The van der Waals surface area contributed by atoms with E-state index in [-0.39, 0.29) is 24.1 Å². The standard InChI is InChI=1S/C23H26N6O.C23H22N6O.C21H22N6O/c1-13-9-16(11-26-14(13)2)30-23-27-20-10-18-17(5-4-6-19(18)25-3)21(20)22(28-23)29-8-7-15(24)12-29;1-26-19-7-3-6-17-18(19)11-20-21(17)22(29-9-8-15(25)13-29)28-23(27-20)30-16-5-2-4-14(10-16)12-24;1-23-17-6-2-5-15-16(17)10-18-19(15)20(27-9-7-13(22)12-27)26-21(25-18)28-14-4-3-8-24-11-14/h4-6,9,11,15,25H,7-8,10,12,24H2,1-3H3;2-7,10,15,26H,8-9,11,13,25H2,1H3;2-6,8,11,13,23H,7,9-10,12,22H2,1H3/t2*15-;13-/m111/s1. The molecule has 9 aromatic rings. The summed E-state index contributed by atoms with van der Waals surface area (Å²) in [5.41, 5.74) is 37.9. The van der Waals surface area contributed by atoms with Crippen molar-refractivity contribution in [1.29, 1.82) is 5.26 Å². The smallest absolute Gasteiger partial charge is 0.324 e. The van der Waals surface area contributed by atoms with Crippen LogP contribution < -0.4 is 62.1 Å². The van der Waals surface area contributed by atoms with Crippen molar-refractivity contribution in [2.45, 2.75) is 70.5 Å². The summed E-state index contributed by atoms with van der Waals surface area (Å²) in [4.78, 5) is 44.0. The second-order valence-electron chi connectivity index (χ2n) is 22.9. The van der Waals surface area contributed by atoms with Crippen molar-refractivity contribution in [3.8, 4) is 74.7 Å². The fourth-order valence-electron chi connectivity index (χ4n) is 12.7. The third-order valence-corrected chi connectivity index (χ3v) is 17.1. The minimum Gasteiger partial charge on any atom is -0.424 e. The van der Waals surface area contributed by atoms with Gasteiger partial charge in [-0.3, -0.25) is 9.97 Å². The first-order valence-corrected chi connectivity index (χ1v) is 29.9. The van der Waals surface area contributed by atoms with Gasteiger partial charge in [-0.15, -0.1) is 0 Å². The molecule has 21 heteroatoms. The number of hydrogen-bond donors (Lipinski definition) is 6. The SMILES string of the molecule is CNc1cccc2c1Cc1nc(Oc3cccc(C#N)c3)nc(N3CC[C@@H](N)C3)c1-2.CNc1cccc2c1Cc1nc(Oc3cccnc3)nc(N3CC[C@@H](N)C3)c1-2.CNc1cccc2c1Cc1nc(Oc3cnc(C)c(C)c3)nc(N3CC[C@@H](N)C3)c1-2. The molecule has 4 aromatic carbocycles. The molecule has 5 aromatic heterocycles. The average Bonchev–Trinajstić information content (AvgIpc) is 1.74. The van der Waals surface area contributed by atoms with Crippen molar-refractivity contribution in [3.63, 3.8) is 0 Å². The molecule has 3 fully saturated rings. The minimum absolute atomic E-state index is 0.136. The second-order valence-corrected chi connectivity index (χ2v) is 22.9. The van der Waals surface area contributed by atoms with Gasteiger partial charge in [0.15, 0.2) is 0 Å². The third-order valence-electron chi connectivity index (χ3n) is 17.1. The number of fused-ring (bicyclic) bond motifs is 9. The predicted molar refractivity (Wildman–Crippen MR) is 343 cm³/mol. The van der Waals surface area contributed by atoms with Gasteiger partial charge in [0.05, 0.1) is 41.1 Å². The van der Waals surface area contributed by atoms with Crippen molar-refractivity contribution in [2.24, 2.45) is 17.2 Å². The Morgan fingerprint density at radius 1 is 0.500 bits per heavy atom. The van der Waals surface area contributed by atoms with Gasteiger partial charge in [-0.1, -0.05) is 42.5 Å². The van der Waals surface area contributed by atoms with Crippen molar-refractivity contribution in [3.05, 3.63) is 166 Å². The molecule has 446 valence electrons. The Morgan fingerprint density at radius 2 is 0.920 bits per heavy atom. The number of anilines is 6. The fourth-order valence-corrected chi connectivity index (χ4v) is 12.7. The Bertz CT molecular complexity index is 4160. The molecular formula is C67H70N18O3. The Labute approximate surface area is 511 Å². The summed E-state index contributed by atoms with van der Waals surface area (Å²) in [6.45, 7) is 8.96. The van der Waals surface area contributed by atoms with E-state index in [0.29, 0.717) is 41.3 Å². The molecule has 8 heterocycles. The summed E-state index contributed by atoms with van der Waals surface area (Å²) in [6, 6.07) is 35.1. The number of nitrogens with two attached hydrogens (primary N) is 3. The molecule has 0 spiro atoms. The first kappa shape index (κ1) is 57.1. The molecule has 3 saturated heterocycles. The van der Waals surface area contributed by atoms with Gasteiger partial charge in [0.2, 0.25) is 0 Å². The number of nitriles is 1. The maximum absolute atomic E-state index is 9.16. The molecule has 21 nitrogen and oxygen atoms in total. The molecular weight excluding hydrogens is 1100 g/mol. The average molecular weight is 1180 g/mol. The molecule has 0 saturated carbocycles. The monoisotopic (exact) mass is 1170 g/mol. The lowest BCUT2D eigenvalue weighted by molar-refractivity contribution is 0.437. The van der Waals surface area contributed by atoms with E-state index in [1.807, 2.05) is 53.2 Å². The van der Waals surface area contributed by atoms with E-state index in [1.54, 1.807) is 42.9 Å². The number of rotatable bonds is 12. The lowest BCUT2D eigenvalue weighted by Crippen LogP contribution is -2.27. The molecule has 0 bridgehead atoms. The summed E-state index contributed by atoms with van der Waals surface area (Å²) >= 11 is 0. The highest BCUT2D eigenvalue weighted by Crippen LogP contribution is 2.49. The van der Waals surface area contributed by atoms with Crippen LogP contribution in [0.4, 0.5) is 34.5 Å². The number of nitrogens with one attached hydrogen (secondary N) is 3. The molecule has 3 atom stereocenters. The van der Waals surface area contributed by atoms with Crippen molar-refractivity contribution >= 4 is 34.5 Å². The van der Waals surface area contributed by atoms with Gasteiger partial charge < -0.3 is 62.1 Å². The van der Waals surface area contributed by atoms with E-state index >= 15 is 0 Å². The van der Waals surface area contributed by atoms with E-state index < -0.39 is 0 Å². The number of aromatic nitrogens is 8. The summed E-state index contributed by atoms with van der Waals surface area (Å²) in [6.07, 6.45) is 10.2. The first-order chi connectivity index (χ1) is 42.9. The Hall–Kier alpha value is -10.0. The second kappa shape index (κ2) is 24.4. The summed E-state index contributed by atoms with van der Waals surface area (Å²) in [5, 5.41) is 19.0. The first-order valence-electron chi connectivity index (χ1n) is 29.9. The normalized spacial score (nSPS) is 17.0. The van der Waals surface area contributed by atoms with Gasteiger partial charge in [-0.25, -0.2) is 0 Å². The number of benzene rings is 4. The van der Waals surface area contributed by atoms with Gasteiger partial charge in [-0.2, -0.15) is 35.2 Å². The van der Waals surface area contributed by atoms with Crippen molar-refractivity contribution in [1.82, 2.24) is 39.9 Å². The Balaban J connectivity index is 0.000000122. The van der Waals surface area contributed by atoms with Crippen LogP contribution in [0, 0.1) is 25.2 Å². The van der Waals surface area contributed by atoms with E-state index in [9.17, 15) is 0 Å². The topological polar surface area (TPSA) is 278 Å². The predicted octanol–water partition coefficient (Wildman–Crippen LogP) is 9.54. The van der Waals surface area contributed by atoms with E-state index in [4.69, 9.17) is 66.6 Å². The van der Waals surface area contributed by atoms with E-state index in [0.717, 1.165) is 156 Å². The van der Waals surface area contributed by atoms with Crippen LogP contribution in [-0.4, -0.2) is 118 Å². The van der Waals surface area contributed by atoms with Gasteiger partial charge in [-0.05, 0) is 127 Å². The van der Waals surface area contributed by atoms with Crippen LogP contribution in [0.15, 0.2) is 116 Å². The highest BCUT2D eigenvalue weighted by atomic mass is 16.5. The number of aryl methyl sites for hydroxylation is 2. The zero-order valence-corrected chi connectivity index (χ0v) is 50.0. The molecule has 0 unspecified atom stereocenters. The fraction of sp³-hybridized carbons (Fsp3) is 0.299. The summed E-state index contributed by atoms with van der Waals surface area (Å²) in [7, 11) is 5.83. The van der Waals surface area contributed by atoms with Gasteiger partial charge in [0.1, 0.15) is 34.7 Å². The van der Waals surface area contributed by atoms with Gasteiger partial charge in [0, 0.05) is 143 Å². The lowest BCUT2D eigenvalue weighted by atomic mass is 10.1. The van der Waals surface area contributed by atoms with Gasteiger partial charge in [0.25, 0.3) is 0 Å². The van der Waals surface area contributed by atoms with Crippen LogP contribution in [0.2, 0.25) is 0 Å². The zero-order valence-electron chi connectivity index (χ0n) is 50.0. The van der Waals surface area contributed by atoms with Crippen LogP contribution in [-0.2, 0) is 19.3 Å². The highest BCUT2D eigenvalue weighted by Gasteiger charge is 2.36. The molecule has 0 amide bonds. The maximum atomic E-state index is 9.16. The van der Waals surface area contributed by atoms with Crippen LogP contribution >= 0.6 is 0 Å². The van der Waals surface area contributed by atoms with E-state index in [1.165, 1.54) is 27.8 Å². The van der Waals surface area contributed by atoms with Gasteiger partial charge >= 0.3 is 18.0 Å². The minimum atomic E-state index is 0.136. The molecule has 0 radical (unpaired) electrons. The summed E-state index contributed by atoms with van der Waals surface area (Å²) < 4.78 is 18.0. The number of nitrogens with zero attached hydrogens (tertiary/aromatic N) is 12. The molecule has 9 N–H and O–H groups in total. The molecule has 3 aliphatic carbocycles. The van der Waals surface area contributed by atoms with E-state index in [2.05, 4.69) is 101 Å². The molecule has 6 aliphatic rings. The quantitative estimate of drug-likeness (QED) is 0.0664. The third kappa shape index (κ3) is 11.4. The number of pyridine rings is 2. The maximum Gasteiger partial charge on any atom is 0.324 e. The van der Waals surface area contributed by atoms with Crippen LogP contribution in [0.1, 0.15) is 69.9 Å². The molecule has 88 heavy (non-hydrogen) atoms.